The van der Waals surface area contributed by atoms with Gasteiger partial charge in [0.15, 0.2) is 0 Å². The summed E-state index contributed by atoms with van der Waals surface area (Å²) in [6.45, 7) is 3.78. The number of benzene rings is 2. The smallest absolute Gasteiger partial charge is 0.271 e. The highest BCUT2D eigenvalue weighted by Crippen LogP contribution is 2.39. The summed E-state index contributed by atoms with van der Waals surface area (Å²) in [6.07, 6.45) is 0. The van der Waals surface area contributed by atoms with Gasteiger partial charge in [0.05, 0.1) is 26.2 Å². The summed E-state index contributed by atoms with van der Waals surface area (Å²) in [5.74, 6) is 0.421. The van der Waals surface area contributed by atoms with Crippen LogP contribution in [0.2, 0.25) is 5.02 Å². The molecule has 140 valence electrons. The average Bonchev–Trinajstić information content (AvgIpc) is 3.01. The normalized spacial score (nSPS) is 16.2. The number of rotatable bonds is 4. The predicted octanol–water partition coefficient (Wildman–Crippen LogP) is 4.92. The topological polar surface area (TPSA) is 97.2 Å². The Hall–Kier alpha value is -3.10. The fourth-order valence-corrected chi connectivity index (χ4v) is 3.94. The molecule has 3 aromatic rings. The molecule has 1 atom stereocenters. The highest BCUT2D eigenvalue weighted by Gasteiger charge is 2.29. The van der Waals surface area contributed by atoms with Crippen LogP contribution in [0.3, 0.4) is 0 Å². The highest BCUT2D eigenvalue weighted by molar-refractivity contribution is 8.04. The van der Waals surface area contributed by atoms with Gasteiger partial charge < -0.3 is 10.6 Å². The van der Waals surface area contributed by atoms with Crippen molar-refractivity contribution in [2.45, 2.75) is 5.25 Å². The minimum atomic E-state index is -0.483. The molecule has 0 saturated carbocycles. The number of hydrogen-bond donors (Lipinski definition) is 2. The first-order valence-electron chi connectivity index (χ1n) is 8.19. The Morgan fingerprint density at radius 2 is 2.04 bits per heavy atom. The molecule has 0 aliphatic carbocycles. The number of aromatic nitrogens is 1. The SMILES string of the molecule is C=C1NC(=O)C(c2ccc3nc(Nc4cc([N+](=O)[O-])ccc4Cl)ccc3c2)S1. The third kappa shape index (κ3) is 3.51. The van der Waals surface area contributed by atoms with Crippen molar-refractivity contribution in [2.75, 3.05) is 5.32 Å². The van der Waals surface area contributed by atoms with E-state index in [0.29, 0.717) is 21.6 Å². The predicted molar refractivity (Wildman–Crippen MR) is 111 cm³/mol. The molecule has 1 amide bonds. The molecule has 7 nitrogen and oxygen atoms in total. The highest BCUT2D eigenvalue weighted by atomic mass is 35.5. The summed E-state index contributed by atoms with van der Waals surface area (Å²) in [5.41, 5.74) is 1.93. The molecule has 1 saturated heterocycles. The van der Waals surface area contributed by atoms with Crippen LogP contribution in [0.25, 0.3) is 10.9 Å². The second-order valence-corrected chi connectivity index (χ2v) is 7.71. The van der Waals surface area contributed by atoms with E-state index in [1.807, 2.05) is 24.3 Å². The molecule has 1 unspecified atom stereocenters. The van der Waals surface area contributed by atoms with Gasteiger partial charge in [0.25, 0.3) is 5.69 Å². The summed E-state index contributed by atoms with van der Waals surface area (Å²) in [5, 5.41) is 18.2. The van der Waals surface area contributed by atoms with Crippen LogP contribution in [0.1, 0.15) is 10.8 Å². The standard InChI is InChI=1S/C19H13ClN4O3S/c1-10-21-19(25)18(28-10)12-2-6-15-11(8-12)3-7-17(22-15)23-16-9-13(24(26)27)4-5-14(16)20/h2-9,18H,1H2,(H,21,25)(H,22,23). The van der Waals surface area contributed by atoms with Crippen LogP contribution >= 0.6 is 23.4 Å². The van der Waals surface area contributed by atoms with Crippen molar-refractivity contribution >= 4 is 57.4 Å². The first kappa shape index (κ1) is 18.3. The van der Waals surface area contributed by atoms with Gasteiger partial charge in [-0.3, -0.25) is 14.9 Å². The number of carbonyl (C=O) groups is 1. The lowest BCUT2D eigenvalue weighted by molar-refractivity contribution is -0.384. The lowest BCUT2D eigenvalue weighted by atomic mass is 10.1. The van der Waals surface area contributed by atoms with Crippen molar-refractivity contribution in [3.8, 4) is 0 Å². The van der Waals surface area contributed by atoms with E-state index < -0.39 is 4.92 Å². The van der Waals surface area contributed by atoms with Crippen LogP contribution < -0.4 is 10.6 Å². The van der Waals surface area contributed by atoms with Gasteiger partial charge >= 0.3 is 0 Å². The summed E-state index contributed by atoms with van der Waals surface area (Å²) in [4.78, 5) is 27.0. The molecule has 2 N–H and O–H groups in total. The van der Waals surface area contributed by atoms with Crippen molar-refractivity contribution in [1.29, 1.82) is 0 Å². The molecule has 2 heterocycles. The summed E-state index contributed by atoms with van der Waals surface area (Å²) >= 11 is 7.52. The number of nitro groups is 1. The number of pyridine rings is 1. The number of fused-ring (bicyclic) bond motifs is 1. The minimum Gasteiger partial charge on any atom is -0.339 e. The monoisotopic (exact) mass is 412 g/mol. The van der Waals surface area contributed by atoms with Crippen molar-refractivity contribution < 1.29 is 9.72 Å². The Balaban J connectivity index is 1.63. The number of halogens is 1. The third-order valence-electron chi connectivity index (χ3n) is 4.20. The molecule has 1 aliphatic heterocycles. The molecule has 0 bridgehead atoms. The zero-order chi connectivity index (χ0) is 19.8. The Bertz CT molecular complexity index is 1150. The van der Waals surface area contributed by atoms with Gasteiger partial charge in [-0.05, 0) is 35.9 Å². The quantitative estimate of drug-likeness (QED) is 0.466. The molecule has 28 heavy (non-hydrogen) atoms. The van der Waals surface area contributed by atoms with Gasteiger partial charge in [0, 0.05) is 17.5 Å². The van der Waals surface area contributed by atoms with E-state index >= 15 is 0 Å². The number of nitrogens with zero attached hydrogens (tertiary/aromatic N) is 2. The molecule has 1 aliphatic rings. The number of thioether (sulfide) groups is 1. The van der Waals surface area contributed by atoms with E-state index in [-0.39, 0.29) is 16.8 Å². The molecule has 1 aromatic heterocycles. The average molecular weight is 413 g/mol. The van der Waals surface area contributed by atoms with Crippen molar-refractivity contribution in [2.24, 2.45) is 0 Å². The zero-order valence-electron chi connectivity index (χ0n) is 14.3. The molecular formula is C19H13ClN4O3S. The van der Waals surface area contributed by atoms with Crippen LogP contribution in [0, 0.1) is 10.1 Å². The second kappa shape index (κ2) is 7.14. The Morgan fingerprint density at radius 1 is 1.21 bits per heavy atom. The van der Waals surface area contributed by atoms with Crippen LogP contribution in [0.5, 0.6) is 0 Å². The Kier molecular flexibility index (Phi) is 4.66. The van der Waals surface area contributed by atoms with E-state index in [1.54, 1.807) is 6.07 Å². The first-order chi connectivity index (χ1) is 13.4. The van der Waals surface area contributed by atoms with Crippen molar-refractivity contribution in [3.05, 3.63) is 80.8 Å². The van der Waals surface area contributed by atoms with Gasteiger partial charge in [-0.25, -0.2) is 4.98 Å². The summed E-state index contributed by atoms with van der Waals surface area (Å²) in [7, 11) is 0. The number of nitrogens with one attached hydrogen (secondary N) is 2. The summed E-state index contributed by atoms with van der Waals surface area (Å²) in [6, 6.07) is 13.4. The van der Waals surface area contributed by atoms with E-state index in [0.717, 1.165) is 16.5 Å². The fourth-order valence-electron chi connectivity index (χ4n) is 2.88. The van der Waals surface area contributed by atoms with E-state index in [1.165, 1.54) is 30.0 Å². The van der Waals surface area contributed by atoms with Gasteiger partial charge in [0.2, 0.25) is 5.91 Å². The van der Waals surface area contributed by atoms with Crippen molar-refractivity contribution in [3.63, 3.8) is 0 Å². The first-order valence-corrected chi connectivity index (χ1v) is 9.44. The van der Waals surface area contributed by atoms with Gasteiger partial charge in [0.1, 0.15) is 11.1 Å². The maximum atomic E-state index is 12.0. The molecule has 2 aromatic carbocycles. The largest absolute Gasteiger partial charge is 0.339 e. The van der Waals surface area contributed by atoms with Gasteiger partial charge in [-0.15, -0.1) is 0 Å². The number of hydrogen-bond acceptors (Lipinski definition) is 6. The number of amides is 1. The fraction of sp³-hybridized carbons (Fsp3) is 0.0526. The maximum Gasteiger partial charge on any atom is 0.271 e. The molecule has 4 rings (SSSR count). The second-order valence-electron chi connectivity index (χ2n) is 6.11. The van der Waals surface area contributed by atoms with Crippen LogP contribution in [-0.4, -0.2) is 15.8 Å². The van der Waals surface area contributed by atoms with Gasteiger partial charge in [-0.1, -0.05) is 36.0 Å². The number of carbonyl (C=O) groups excluding carboxylic acids is 1. The summed E-state index contributed by atoms with van der Waals surface area (Å²) < 4.78 is 0. The third-order valence-corrected chi connectivity index (χ3v) is 5.64. The molecule has 1 fully saturated rings. The maximum absolute atomic E-state index is 12.0. The number of non-ortho nitro benzene ring substituents is 1. The lowest BCUT2D eigenvalue weighted by Gasteiger charge is -2.10. The number of nitro benzene ring substituents is 1. The lowest BCUT2D eigenvalue weighted by Crippen LogP contribution is -2.16. The van der Waals surface area contributed by atoms with Crippen LogP contribution in [-0.2, 0) is 4.79 Å². The molecule has 9 heteroatoms. The van der Waals surface area contributed by atoms with Crippen molar-refractivity contribution in [1.82, 2.24) is 10.3 Å². The Labute approximate surface area is 168 Å². The van der Waals surface area contributed by atoms with Crippen LogP contribution in [0.15, 0.2) is 60.1 Å². The molecular weight excluding hydrogens is 400 g/mol. The Morgan fingerprint density at radius 3 is 2.75 bits per heavy atom. The van der Waals surface area contributed by atoms with E-state index in [9.17, 15) is 14.9 Å². The molecule has 0 radical (unpaired) electrons. The minimum absolute atomic E-state index is 0.0636. The zero-order valence-corrected chi connectivity index (χ0v) is 15.9. The van der Waals surface area contributed by atoms with E-state index in [4.69, 9.17) is 11.6 Å². The molecule has 0 spiro atoms. The van der Waals surface area contributed by atoms with Crippen LogP contribution in [0.4, 0.5) is 17.2 Å². The van der Waals surface area contributed by atoms with Gasteiger partial charge in [-0.2, -0.15) is 0 Å². The number of anilines is 2. The van der Waals surface area contributed by atoms with E-state index in [2.05, 4.69) is 22.2 Å².